The third-order valence-electron chi connectivity index (χ3n) is 3.70. The number of ether oxygens (including phenoxy) is 1. The zero-order valence-electron chi connectivity index (χ0n) is 14.5. The number of carbonyl (C=O) groups excluding carboxylic acids is 1. The first-order valence-electron chi connectivity index (χ1n) is 8.29. The number of rotatable bonds is 9. The molecule has 0 atom stereocenters. The Balaban J connectivity index is 1.89. The molecule has 2 aromatic rings. The molecule has 0 aliphatic carbocycles. The van der Waals surface area contributed by atoms with E-state index < -0.39 is 0 Å². The van der Waals surface area contributed by atoms with Gasteiger partial charge in [0.2, 0.25) is 5.91 Å². The van der Waals surface area contributed by atoms with Gasteiger partial charge in [-0.2, -0.15) is 10.2 Å². The Labute approximate surface area is 137 Å². The zero-order valence-corrected chi connectivity index (χ0v) is 14.5. The van der Waals surface area contributed by atoms with Gasteiger partial charge in [0, 0.05) is 32.2 Å². The fraction of sp³-hybridized carbons (Fsp3) is 0.688. The molecule has 2 rings (SSSR count). The fourth-order valence-corrected chi connectivity index (χ4v) is 2.58. The summed E-state index contributed by atoms with van der Waals surface area (Å²) in [7, 11) is 0. The average molecular weight is 321 g/mol. The van der Waals surface area contributed by atoms with E-state index in [1.807, 2.05) is 29.4 Å². The number of aromatic nitrogens is 4. The minimum atomic E-state index is 0.0408. The number of nitrogens with one attached hydrogen (secondary N) is 1. The van der Waals surface area contributed by atoms with E-state index in [4.69, 9.17) is 4.74 Å². The minimum absolute atomic E-state index is 0.0408. The van der Waals surface area contributed by atoms with Crippen LogP contribution in [0, 0.1) is 6.92 Å². The molecule has 7 heteroatoms. The average Bonchev–Trinajstić information content (AvgIpc) is 3.06. The molecule has 0 saturated heterocycles. The quantitative estimate of drug-likeness (QED) is 0.717. The van der Waals surface area contributed by atoms with E-state index in [1.54, 1.807) is 0 Å². The van der Waals surface area contributed by atoms with Crippen molar-refractivity contribution in [2.45, 2.75) is 53.1 Å². The lowest BCUT2D eigenvalue weighted by atomic mass is 10.3. The SMILES string of the molecule is CCOCCCNC(=O)CCn1ncc2c1c(C)nn2C(C)C. The summed E-state index contributed by atoms with van der Waals surface area (Å²) in [6.07, 6.45) is 3.08. The van der Waals surface area contributed by atoms with Crippen LogP contribution in [0.15, 0.2) is 6.20 Å². The predicted molar refractivity (Wildman–Crippen MR) is 89.4 cm³/mol. The van der Waals surface area contributed by atoms with Crippen molar-refractivity contribution in [3.05, 3.63) is 11.9 Å². The summed E-state index contributed by atoms with van der Waals surface area (Å²) < 4.78 is 9.09. The summed E-state index contributed by atoms with van der Waals surface area (Å²) >= 11 is 0. The number of hydrogen-bond donors (Lipinski definition) is 1. The first-order chi connectivity index (χ1) is 11.0. The lowest BCUT2D eigenvalue weighted by Gasteiger charge is -2.06. The number of nitrogens with zero attached hydrogens (tertiary/aromatic N) is 4. The molecule has 7 nitrogen and oxygen atoms in total. The van der Waals surface area contributed by atoms with E-state index in [1.165, 1.54) is 0 Å². The Hall–Kier alpha value is -1.89. The van der Waals surface area contributed by atoms with E-state index in [-0.39, 0.29) is 11.9 Å². The summed E-state index contributed by atoms with van der Waals surface area (Å²) in [5, 5.41) is 11.9. The number of carbonyl (C=O) groups is 1. The van der Waals surface area contributed by atoms with Crippen molar-refractivity contribution in [2.24, 2.45) is 0 Å². The van der Waals surface area contributed by atoms with Crippen LogP contribution in [0.25, 0.3) is 11.0 Å². The Bertz CT molecular complexity index is 644. The molecule has 0 fully saturated rings. The van der Waals surface area contributed by atoms with Crippen molar-refractivity contribution in [3.8, 4) is 0 Å². The molecule has 0 bridgehead atoms. The van der Waals surface area contributed by atoms with Gasteiger partial charge in [0.15, 0.2) is 0 Å². The summed E-state index contributed by atoms with van der Waals surface area (Å²) in [5.74, 6) is 0.0408. The Morgan fingerprint density at radius 2 is 2.22 bits per heavy atom. The smallest absolute Gasteiger partial charge is 0.221 e. The monoisotopic (exact) mass is 321 g/mol. The molecule has 0 unspecified atom stereocenters. The van der Waals surface area contributed by atoms with Gasteiger partial charge in [-0.05, 0) is 34.1 Å². The van der Waals surface area contributed by atoms with Gasteiger partial charge in [-0.15, -0.1) is 0 Å². The lowest BCUT2D eigenvalue weighted by Crippen LogP contribution is -2.26. The molecular weight excluding hydrogens is 294 g/mol. The first kappa shape index (κ1) is 17.5. The van der Waals surface area contributed by atoms with Crippen molar-refractivity contribution in [1.29, 1.82) is 0 Å². The molecule has 1 N–H and O–H groups in total. The molecule has 0 aliphatic rings. The second kappa shape index (κ2) is 8.10. The number of hydrogen-bond acceptors (Lipinski definition) is 4. The van der Waals surface area contributed by atoms with Crippen LogP contribution in [0.1, 0.15) is 45.3 Å². The van der Waals surface area contributed by atoms with Crippen LogP contribution in [-0.4, -0.2) is 45.2 Å². The van der Waals surface area contributed by atoms with Crippen LogP contribution in [0.5, 0.6) is 0 Å². The van der Waals surface area contributed by atoms with Crippen LogP contribution in [0.3, 0.4) is 0 Å². The highest BCUT2D eigenvalue weighted by Gasteiger charge is 2.15. The lowest BCUT2D eigenvalue weighted by molar-refractivity contribution is -0.121. The predicted octanol–water partition coefficient (Wildman–Crippen LogP) is 2.06. The van der Waals surface area contributed by atoms with E-state index in [9.17, 15) is 4.79 Å². The molecule has 0 saturated carbocycles. The van der Waals surface area contributed by atoms with Gasteiger partial charge in [-0.25, -0.2) is 0 Å². The molecule has 128 valence electrons. The summed E-state index contributed by atoms with van der Waals surface area (Å²) in [5.41, 5.74) is 2.99. The molecule has 23 heavy (non-hydrogen) atoms. The van der Waals surface area contributed by atoms with Crippen molar-refractivity contribution < 1.29 is 9.53 Å². The molecule has 0 aliphatic heterocycles. The molecule has 0 spiro atoms. The summed E-state index contributed by atoms with van der Waals surface area (Å²) in [6, 6.07) is 0.289. The van der Waals surface area contributed by atoms with Gasteiger partial charge in [0.1, 0.15) is 11.0 Å². The van der Waals surface area contributed by atoms with Crippen molar-refractivity contribution >= 4 is 16.9 Å². The molecule has 1 amide bonds. The Morgan fingerprint density at radius 1 is 1.43 bits per heavy atom. The fourth-order valence-electron chi connectivity index (χ4n) is 2.58. The maximum atomic E-state index is 11.9. The second-order valence-electron chi connectivity index (χ2n) is 5.88. The number of fused-ring (bicyclic) bond motifs is 1. The van der Waals surface area contributed by atoms with Crippen LogP contribution in [0.2, 0.25) is 0 Å². The molecule has 0 aromatic carbocycles. The third-order valence-corrected chi connectivity index (χ3v) is 3.70. The van der Waals surface area contributed by atoms with E-state index in [0.29, 0.717) is 32.7 Å². The molecule has 2 aromatic heterocycles. The van der Waals surface area contributed by atoms with Gasteiger partial charge >= 0.3 is 0 Å². The number of aryl methyl sites for hydroxylation is 2. The van der Waals surface area contributed by atoms with E-state index >= 15 is 0 Å². The van der Waals surface area contributed by atoms with E-state index in [2.05, 4.69) is 29.4 Å². The zero-order chi connectivity index (χ0) is 16.8. The highest BCUT2D eigenvalue weighted by Crippen LogP contribution is 2.21. The van der Waals surface area contributed by atoms with Crippen LogP contribution < -0.4 is 5.32 Å². The van der Waals surface area contributed by atoms with Crippen LogP contribution >= 0.6 is 0 Å². The standard InChI is InChI=1S/C16H27N5O2/c1-5-23-10-6-8-17-15(22)7-9-20-16-13(4)19-21(12(2)3)14(16)11-18-20/h11-12H,5-10H2,1-4H3,(H,17,22). The Kier molecular flexibility index (Phi) is 6.15. The largest absolute Gasteiger partial charge is 0.382 e. The van der Waals surface area contributed by atoms with Gasteiger partial charge in [-0.3, -0.25) is 14.2 Å². The maximum absolute atomic E-state index is 11.9. The highest BCUT2D eigenvalue weighted by atomic mass is 16.5. The van der Waals surface area contributed by atoms with Crippen LogP contribution in [0.4, 0.5) is 0 Å². The topological polar surface area (TPSA) is 74.0 Å². The molecular formula is C16H27N5O2. The summed E-state index contributed by atoms with van der Waals surface area (Å²) in [6.45, 7) is 10.7. The molecule has 2 heterocycles. The molecule has 0 radical (unpaired) electrons. The van der Waals surface area contributed by atoms with Gasteiger partial charge in [0.25, 0.3) is 0 Å². The number of amides is 1. The second-order valence-corrected chi connectivity index (χ2v) is 5.88. The van der Waals surface area contributed by atoms with Crippen molar-refractivity contribution in [3.63, 3.8) is 0 Å². The van der Waals surface area contributed by atoms with Crippen LogP contribution in [-0.2, 0) is 16.1 Å². The normalized spacial score (nSPS) is 11.5. The van der Waals surface area contributed by atoms with Gasteiger partial charge < -0.3 is 10.1 Å². The minimum Gasteiger partial charge on any atom is -0.382 e. The first-order valence-corrected chi connectivity index (χ1v) is 8.29. The van der Waals surface area contributed by atoms with Gasteiger partial charge in [-0.1, -0.05) is 0 Å². The Morgan fingerprint density at radius 3 is 2.91 bits per heavy atom. The highest BCUT2D eigenvalue weighted by molar-refractivity contribution is 5.78. The van der Waals surface area contributed by atoms with Gasteiger partial charge in [0.05, 0.1) is 18.4 Å². The third kappa shape index (κ3) is 4.31. The van der Waals surface area contributed by atoms with Crippen molar-refractivity contribution in [2.75, 3.05) is 19.8 Å². The maximum Gasteiger partial charge on any atom is 0.221 e. The van der Waals surface area contributed by atoms with E-state index in [0.717, 1.165) is 23.1 Å². The van der Waals surface area contributed by atoms with Crippen molar-refractivity contribution in [1.82, 2.24) is 24.9 Å². The summed E-state index contributed by atoms with van der Waals surface area (Å²) in [4.78, 5) is 11.9.